The zero-order valence-electron chi connectivity index (χ0n) is 19.7. The Kier molecular flexibility index (Phi) is 8.28. The monoisotopic (exact) mass is 434 g/mol. The molecule has 3 rings (SSSR count). The van der Waals surface area contributed by atoms with Crippen LogP contribution in [-0.4, -0.2) is 66.8 Å². The maximum absolute atomic E-state index is 12.3. The van der Waals surface area contributed by atoms with Crippen LogP contribution in [0, 0.1) is 6.92 Å². The van der Waals surface area contributed by atoms with E-state index in [-0.39, 0.29) is 11.9 Å². The fraction of sp³-hybridized carbons (Fsp3) is 0.720. The number of hydrogen-bond acceptors (Lipinski definition) is 3. The predicted molar refractivity (Wildman–Crippen MR) is 130 cm³/mol. The van der Waals surface area contributed by atoms with Crippen LogP contribution in [0.5, 0.6) is 0 Å². The Morgan fingerprint density at radius 2 is 1.83 bits per heavy atom. The van der Waals surface area contributed by atoms with E-state index in [0.717, 1.165) is 38.1 Å². The molecule has 1 saturated heterocycles. The number of ether oxygens (including phenoxy) is 1. The SMILES string of the molecule is CC(=O)N1CCC[C@H](NCS(C)(C)C)[C@@H]1CO[C@H]1CC[C@@H](c2ccccc2C)CC1. The summed E-state index contributed by atoms with van der Waals surface area (Å²) < 4.78 is 6.45. The van der Waals surface area contributed by atoms with Crippen molar-refractivity contribution in [1.82, 2.24) is 10.2 Å². The van der Waals surface area contributed by atoms with Crippen LogP contribution in [0.15, 0.2) is 24.3 Å². The van der Waals surface area contributed by atoms with E-state index in [9.17, 15) is 4.79 Å². The van der Waals surface area contributed by atoms with E-state index < -0.39 is 10.0 Å². The lowest BCUT2D eigenvalue weighted by Crippen LogP contribution is -2.58. The molecule has 0 aromatic heterocycles. The summed E-state index contributed by atoms with van der Waals surface area (Å²) in [5, 5.41) is 3.78. The molecule has 0 unspecified atom stereocenters. The average molecular weight is 435 g/mol. The molecule has 1 heterocycles. The minimum atomic E-state index is -0.612. The third kappa shape index (κ3) is 6.48. The first kappa shape index (κ1) is 23.6. The Hall–Kier alpha value is -1.04. The van der Waals surface area contributed by atoms with Gasteiger partial charge in [0.15, 0.2) is 0 Å². The first-order valence-corrected chi connectivity index (χ1v) is 14.6. The Morgan fingerprint density at radius 3 is 2.47 bits per heavy atom. The lowest BCUT2D eigenvalue weighted by molar-refractivity contribution is -0.136. The van der Waals surface area contributed by atoms with Gasteiger partial charge in [0.05, 0.1) is 18.8 Å². The third-order valence-corrected chi connectivity index (χ3v) is 7.80. The van der Waals surface area contributed by atoms with Gasteiger partial charge in [-0.2, -0.15) is 0 Å². The van der Waals surface area contributed by atoms with E-state index >= 15 is 0 Å². The van der Waals surface area contributed by atoms with Gasteiger partial charge in [-0.3, -0.25) is 4.79 Å². The molecular weight excluding hydrogens is 392 g/mol. The molecule has 5 heteroatoms. The van der Waals surface area contributed by atoms with E-state index in [4.69, 9.17) is 4.74 Å². The van der Waals surface area contributed by atoms with Gasteiger partial charge in [-0.15, -0.1) is 0 Å². The third-order valence-electron chi connectivity index (χ3n) is 6.77. The highest BCUT2D eigenvalue weighted by atomic mass is 32.3. The van der Waals surface area contributed by atoms with Gasteiger partial charge in [-0.25, -0.2) is 10.0 Å². The number of nitrogens with one attached hydrogen (secondary N) is 1. The van der Waals surface area contributed by atoms with Gasteiger partial charge in [-0.05, 0) is 81.3 Å². The molecular formula is C25H42N2O2S. The molecule has 1 N–H and O–H groups in total. The first-order chi connectivity index (χ1) is 14.2. The summed E-state index contributed by atoms with van der Waals surface area (Å²) in [5.74, 6) is 1.89. The molecule has 0 radical (unpaired) electrons. The predicted octanol–water partition coefficient (Wildman–Crippen LogP) is 4.66. The molecule has 2 atom stereocenters. The van der Waals surface area contributed by atoms with Gasteiger partial charge >= 0.3 is 0 Å². The van der Waals surface area contributed by atoms with E-state index in [2.05, 4.69) is 60.2 Å². The number of piperidine rings is 1. The van der Waals surface area contributed by atoms with Crippen LogP contribution in [0.2, 0.25) is 0 Å². The van der Waals surface area contributed by atoms with Crippen LogP contribution in [0.3, 0.4) is 0 Å². The Morgan fingerprint density at radius 1 is 1.13 bits per heavy atom. The molecule has 1 aliphatic carbocycles. The summed E-state index contributed by atoms with van der Waals surface area (Å²) in [5.41, 5.74) is 2.93. The lowest BCUT2D eigenvalue weighted by Gasteiger charge is -2.43. The van der Waals surface area contributed by atoms with E-state index in [1.54, 1.807) is 6.92 Å². The fourth-order valence-corrected chi connectivity index (χ4v) is 5.78. The molecule has 1 aromatic rings. The van der Waals surface area contributed by atoms with Crippen molar-refractivity contribution in [2.75, 3.05) is 37.8 Å². The molecule has 0 bridgehead atoms. The Balaban J connectivity index is 1.55. The van der Waals surface area contributed by atoms with Crippen molar-refractivity contribution in [3.8, 4) is 0 Å². The minimum absolute atomic E-state index is 0.159. The summed E-state index contributed by atoms with van der Waals surface area (Å²) in [7, 11) is -0.612. The number of likely N-dealkylation sites (tertiary alicyclic amines) is 1. The normalized spacial score (nSPS) is 28.4. The smallest absolute Gasteiger partial charge is 0.219 e. The molecule has 1 aliphatic heterocycles. The van der Waals surface area contributed by atoms with Gasteiger partial charge in [0.25, 0.3) is 0 Å². The highest BCUT2D eigenvalue weighted by Gasteiger charge is 2.34. The summed E-state index contributed by atoms with van der Waals surface area (Å²) >= 11 is 0. The summed E-state index contributed by atoms with van der Waals surface area (Å²) in [6, 6.07) is 9.32. The fourth-order valence-electron chi connectivity index (χ4n) is 5.07. The zero-order valence-corrected chi connectivity index (χ0v) is 20.5. The second-order valence-corrected chi connectivity index (χ2v) is 14.6. The lowest BCUT2D eigenvalue weighted by atomic mass is 9.81. The number of aryl methyl sites for hydroxylation is 1. The number of carbonyl (C=O) groups is 1. The number of amides is 1. The summed E-state index contributed by atoms with van der Waals surface area (Å²) in [6.07, 6.45) is 14.2. The second-order valence-electron chi connectivity index (χ2n) is 10.1. The number of nitrogens with zero attached hydrogens (tertiary/aromatic N) is 1. The molecule has 2 aliphatic rings. The number of rotatable bonds is 7. The van der Waals surface area contributed by atoms with E-state index in [0.29, 0.717) is 24.7 Å². The average Bonchev–Trinajstić information content (AvgIpc) is 2.71. The topological polar surface area (TPSA) is 41.6 Å². The van der Waals surface area contributed by atoms with Crippen LogP contribution in [0.25, 0.3) is 0 Å². The standard InChI is InChI=1S/C25H42N2O2S/c1-19-9-6-7-10-23(19)21-12-14-22(15-13-21)29-17-25-24(26-18-30(3,4)5)11-8-16-27(25)20(2)28/h6-7,9-10,21-22,24-26H,8,11-18H2,1-5H3/t21-,22+,24-,25-/m0/s1. The van der Waals surface area contributed by atoms with Gasteiger partial charge in [-0.1, -0.05) is 24.3 Å². The zero-order chi connectivity index (χ0) is 21.7. The first-order valence-electron chi connectivity index (χ1n) is 11.6. The minimum Gasteiger partial charge on any atom is -0.376 e. The van der Waals surface area contributed by atoms with Gasteiger partial charge in [0.2, 0.25) is 5.91 Å². The van der Waals surface area contributed by atoms with Crippen molar-refractivity contribution >= 4 is 15.9 Å². The second kappa shape index (κ2) is 10.5. The van der Waals surface area contributed by atoms with Crippen LogP contribution in [-0.2, 0) is 9.53 Å². The number of benzene rings is 1. The van der Waals surface area contributed by atoms with Crippen LogP contribution < -0.4 is 5.32 Å². The molecule has 170 valence electrons. The largest absolute Gasteiger partial charge is 0.376 e. The van der Waals surface area contributed by atoms with Crippen molar-refractivity contribution in [1.29, 1.82) is 0 Å². The van der Waals surface area contributed by atoms with Crippen LogP contribution in [0.1, 0.15) is 62.5 Å². The van der Waals surface area contributed by atoms with Crippen molar-refractivity contribution in [2.45, 2.75) is 76.5 Å². The van der Waals surface area contributed by atoms with E-state index in [1.165, 1.54) is 24.0 Å². The van der Waals surface area contributed by atoms with Crippen LogP contribution in [0.4, 0.5) is 0 Å². The van der Waals surface area contributed by atoms with Gasteiger partial charge in [0, 0.05) is 25.4 Å². The highest BCUT2D eigenvalue weighted by Crippen LogP contribution is 2.36. The maximum atomic E-state index is 12.3. The molecule has 1 saturated carbocycles. The molecule has 2 fully saturated rings. The molecule has 30 heavy (non-hydrogen) atoms. The molecule has 1 aromatic carbocycles. The Labute approximate surface area is 185 Å². The van der Waals surface area contributed by atoms with Gasteiger partial charge < -0.3 is 15.0 Å². The quantitative estimate of drug-likeness (QED) is 0.679. The molecule has 1 amide bonds. The highest BCUT2D eigenvalue weighted by molar-refractivity contribution is 8.32. The Bertz CT molecular complexity index is 695. The van der Waals surface area contributed by atoms with Crippen molar-refractivity contribution in [3.63, 3.8) is 0 Å². The molecule has 4 nitrogen and oxygen atoms in total. The summed E-state index contributed by atoms with van der Waals surface area (Å²) in [4.78, 5) is 14.3. The summed E-state index contributed by atoms with van der Waals surface area (Å²) in [6.45, 7) is 5.46. The van der Waals surface area contributed by atoms with Crippen LogP contribution >= 0.6 is 10.0 Å². The van der Waals surface area contributed by atoms with E-state index in [1.807, 2.05) is 0 Å². The maximum Gasteiger partial charge on any atom is 0.219 e. The molecule has 0 spiro atoms. The number of carbonyl (C=O) groups excluding carboxylic acids is 1. The van der Waals surface area contributed by atoms with Crippen molar-refractivity contribution < 1.29 is 9.53 Å². The van der Waals surface area contributed by atoms with Crippen molar-refractivity contribution in [3.05, 3.63) is 35.4 Å². The van der Waals surface area contributed by atoms with Gasteiger partial charge in [0.1, 0.15) is 0 Å². The van der Waals surface area contributed by atoms with Crippen molar-refractivity contribution in [2.24, 2.45) is 0 Å². The number of hydrogen-bond donors (Lipinski definition) is 1.